The molecule has 0 aromatic heterocycles. The van der Waals surface area contributed by atoms with Gasteiger partial charge in [-0.05, 0) is 50.2 Å². The molecule has 2 rings (SSSR count). The van der Waals surface area contributed by atoms with Gasteiger partial charge in [0.2, 0.25) is 15.9 Å². The lowest BCUT2D eigenvalue weighted by molar-refractivity contribution is -0.117. The van der Waals surface area contributed by atoms with E-state index in [4.69, 9.17) is 9.47 Å². The lowest BCUT2D eigenvalue weighted by Crippen LogP contribution is -2.41. The summed E-state index contributed by atoms with van der Waals surface area (Å²) in [5, 5.41) is 2.65. The second kappa shape index (κ2) is 8.68. The van der Waals surface area contributed by atoms with Crippen molar-refractivity contribution in [3.05, 3.63) is 48.5 Å². The molecule has 0 saturated carbocycles. The highest BCUT2D eigenvalue weighted by atomic mass is 32.2. The fourth-order valence-electron chi connectivity index (χ4n) is 2.22. The second-order valence-corrected chi connectivity index (χ2v) is 7.15. The molecular weight excluding hydrogens is 356 g/mol. The number of rotatable bonds is 8. The smallest absolute Gasteiger partial charge is 0.242 e. The molecule has 7 nitrogen and oxygen atoms in total. The summed E-state index contributed by atoms with van der Waals surface area (Å²) in [5.41, 5.74) is 0.465. The van der Waals surface area contributed by atoms with E-state index >= 15 is 0 Å². The topological polar surface area (TPSA) is 93.7 Å². The van der Waals surface area contributed by atoms with Crippen LogP contribution >= 0.6 is 0 Å². The van der Waals surface area contributed by atoms with Gasteiger partial charge in [0.25, 0.3) is 0 Å². The van der Waals surface area contributed by atoms with Gasteiger partial charge in [-0.1, -0.05) is 12.1 Å². The zero-order valence-electron chi connectivity index (χ0n) is 14.9. The van der Waals surface area contributed by atoms with Gasteiger partial charge in [0, 0.05) is 0 Å². The summed E-state index contributed by atoms with van der Waals surface area (Å²) in [7, 11) is -2.35. The van der Waals surface area contributed by atoms with Crippen molar-refractivity contribution in [1.29, 1.82) is 0 Å². The summed E-state index contributed by atoms with van der Waals surface area (Å²) in [6.07, 6.45) is 0. The molecule has 2 N–H and O–H groups in total. The lowest BCUT2D eigenvalue weighted by atomic mass is 10.2. The molecule has 2 aromatic carbocycles. The van der Waals surface area contributed by atoms with Crippen molar-refractivity contribution in [2.75, 3.05) is 19.0 Å². The van der Waals surface area contributed by atoms with E-state index in [2.05, 4.69) is 10.0 Å². The van der Waals surface area contributed by atoms with Gasteiger partial charge in [0.15, 0.2) is 0 Å². The maximum absolute atomic E-state index is 12.4. The SMILES string of the molecule is CCOc1ccc(S(=O)(=O)N[C@H](C)C(=O)Nc2ccccc2OC)cc1. The molecule has 1 amide bonds. The average molecular weight is 378 g/mol. The number of hydrogen-bond acceptors (Lipinski definition) is 5. The Morgan fingerprint density at radius 1 is 1.12 bits per heavy atom. The first-order valence-corrected chi connectivity index (χ1v) is 9.54. The zero-order chi connectivity index (χ0) is 19.2. The summed E-state index contributed by atoms with van der Waals surface area (Å²) >= 11 is 0. The molecule has 140 valence electrons. The minimum Gasteiger partial charge on any atom is -0.495 e. The van der Waals surface area contributed by atoms with Crippen LogP contribution in [0.1, 0.15) is 13.8 Å². The number of anilines is 1. The third-order valence-corrected chi connectivity index (χ3v) is 5.09. The molecule has 0 aliphatic carbocycles. The zero-order valence-corrected chi connectivity index (χ0v) is 15.7. The molecule has 0 unspecified atom stereocenters. The van der Waals surface area contributed by atoms with Gasteiger partial charge in [-0.15, -0.1) is 0 Å². The van der Waals surface area contributed by atoms with Gasteiger partial charge in [0.1, 0.15) is 11.5 Å². The van der Waals surface area contributed by atoms with Crippen LogP contribution < -0.4 is 19.5 Å². The first-order valence-electron chi connectivity index (χ1n) is 8.06. The third kappa shape index (κ3) is 4.96. The quantitative estimate of drug-likeness (QED) is 0.736. The maximum Gasteiger partial charge on any atom is 0.242 e. The largest absolute Gasteiger partial charge is 0.495 e. The summed E-state index contributed by atoms with van der Waals surface area (Å²) in [5.74, 6) is 0.569. The Kier molecular flexibility index (Phi) is 6.59. The number of carbonyl (C=O) groups is 1. The summed E-state index contributed by atoms with van der Waals surface area (Å²) in [4.78, 5) is 12.4. The van der Waals surface area contributed by atoms with Crippen molar-refractivity contribution in [3.63, 3.8) is 0 Å². The van der Waals surface area contributed by atoms with Gasteiger partial charge in [0.05, 0.1) is 30.3 Å². The van der Waals surface area contributed by atoms with E-state index in [1.54, 1.807) is 36.4 Å². The summed E-state index contributed by atoms with van der Waals surface area (Å²) in [6.45, 7) is 3.80. The van der Waals surface area contributed by atoms with Crippen molar-refractivity contribution >= 4 is 21.6 Å². The molecule has 2 aromatic rings. The van der Waals surface area contributed by atoms with Crippen LogP contribution in [0.15, 0.2) is 53.4 Å². The van der Waals surface area contributed by atoms with Gasteiger partial charge >= 0.3 is 0 Å². The van der Waals surface area contributed by atoms with Crippen LogP contribution in [0.3, 0.4) is 0 Å². The molecule has 0 heterocycles. The van der Waals surface area contributed by atoms with Crippen LogP contribution in [0.2, 0.25) is 0 Å². The molecule has 0 fully saturated rings. The highest BCUT2D eigenvalue weighted by Crippen LogP contribution is 2.23. The molecule has 0 saturated heterocycles. The molecule has 0 spiro atoms. The van der Waals surface area contributed by atoms with E-state index in [1.807, 2.05) is 6.92 Å². The number of nitrogens with one attached hydrogen (secondary N) is 2. The molecule has 1 atom stereocenters. The Balaban J connectivity index is 2.07. The Bertz CT molecular complexity index is 850. The van der Waals surface area contributed by atoms with Crippen LogP contribution in [0, 0.1) is 0 Å². The Morgan fingerprint density at radius 3 is 2.38 bits per heavy atom. The highest BCUT2D eigenvalue weighted by molar-refractivity contribution is 7.89. The monoisotopic (exact) mass is 378 g/mol. The first kappa shape index (κ1) is 19.7. The predicted octanol–water partition coefficient (Wildman–Crippen LogP) is 2.40. The normalized spacial score (nSPS) is 12.3. The standard InChI is InChI=1S/C18H22N2O5S/c1-4-25-14-9-11-15(12-10-14)26(22,23)20-13(2)18(21)19-16-7-5-6-8-17(16)24-3/h5-13,20H,4H2,1-3H3,(H,19,21)/t13-/m1/s1. The van der Waals surface area contributed by atoms with Crippen molar-refractivity contribution in [2.45, 2.75) is 24.8 Å². The number of sulfonamides is 1. The Morgan fingerprint density at radius 2 is 1.77 bits per heavy atom. The highest BCUT2D eigenvalue weighted by Gasteiger charge is 2.22. The Labute approximate surface area is 153 Å². The predicted molar refractivity (Wildman–Crippen MR) is 99.0 cm³/mol. The summed E-state index contributed by atoms with van der Waals surface area (Å²) < 4.78 is 37.7. The molecule has 0 bridgehead atoms. The number of methoxy groups -OCH3 is 1. The van der Waals surface area contributed by atoms with Gasteiger partial charge in [-0.3, -0.25) is 4.79 Å². The van der Waals surface area contributed by atoms with E-state index in [9.17, 15) is 13.2 Å². The van der Waals surface area contributed by atoms with Crippen molar-refractivity contribution < 1.29 is 22.7 Å². The molecule has 0 aliphatic rings. The maximum atomic E-state index is 12.4. The summed E-state index contributed by atoms with van der Waals surface area (Å²) in [6, 6.07) is 11.9. The molecule has 8 heteroatoms. The van der Waals surface area contributed by atoms with Crippen molar-refractivity contribution in [2.24, 2.45) is 0 Å². The molecule has 26 heavy (non-hydrogen) atoms. The molecular formula is C18H22N2O5S. The fraction of sp³-hybridized carbons (Fsp3) is 0.278. The second-order valence-electron chi connectivity index (χ2n) is 5.44. The van der Waals surface area contributed by atoms with E-state index in [0.29, 0.717) is 23.8 Å². The third-order valence-electron chi connectivity index (χ3n) is 3.54. The molecule has 0 radical (unpaired) electrons. The van der Waals surface area contributed by atoms with Crippen LogP contribution in [-0.4, -0.2) is 34.1 Å². The van der Waals surface area contributed by atoms with E-state index < -0.39 is 22.0 Å². The lowest BCUT2D eigenvalue weighted by Gasteiger charge is -2.16. The number of amides is 1. The van der Waals surface area contributed by atoms with Crippen molar-refractivity contribution in [1.82, 2.24) is 4.72 Å². The number of ether oxygens (including phenoxy) is 2. The van der Waals surface area contributed by atoms with E-state index in [1.165, 1.54) is 26.2 Å². The number of carbonyl (C=O) groups excluding carboxylic acids is 1. The Hall–Kier alpha value is -2.58. The van der Waals surface area contributed by atoms with Crippen LogP contribution in [0.5, 0.6) is 11.5 Å². The van der Waals surface area contributed by atoms with Crippen LogP contribution in [0.25, 0.3) is 0 Å². The van der Waals surface area contributed by atoms with Gasteiger partial charge < -0.3 is 14.8 Å². The van der Waals surface area contributed by atoms with Gasteiger partial charge in [-0.2, -0.15) is 4.72 Å². The van der Waals surface area contributed by atoms with E-state index in [-0.39, 0.29) is 4.90 Å². The van der Waals surface area contributed by atoms with Crippen LogP contribution in [-0.2, 0) is 14.8 Å². The van der Waals surface area contributed by atoms with E-state index in [0.717, 1.165) is 0 Å². The molecule has 0 aliphatic heterocycles. The van der Waals surface area contributed by atoms with Crippen LogP contribution in [0.4, 0.5) is 5.69 Å². The average Bonchev–Trinajstić information content (AvgIpc) is 2.62. The number of para-hydroxylation sites is 2. The van der Waals surface area contributed by atoms with Gasteiger partial charge in [-0.25, -0.2) is 8.42 Å². The van der Waals surface area contributed by atoms with Crippen molar-refractivity contribution in [3.8, 4) is 11.5 Å². The minimum atomic E-state index is -3.84. The minimum absolute atomic E-state index is 0.0536. The first-order chi connectivity index (χ1) is 12.4. The number of benzene rings is 2. The fourth-order valence-corrected chi connectivity index (χ4v) is 3.43. The number of hydrogen-bond donors (Lipinski definition) is 2.